The summed E-state index contributed by atoms with van der Waals surface area (Å²) in [7, 11) is 1.87. The fraction of sp³-hybridized carbons (Fsp3) is 0.167. The number of halogens is 2. The molecule has 1 aromatic carbocycles. The summed E-state index contributed by atoms with van der Waals surface area (Å²) in [6.07, 6.45) is 1.64. The summed E-state index contributed by atoms with van der Waals surface area (Å²) in [6.45, 7) is 2.36. The summed E-state index contributed by atoms with van der Waals surface area (Å²) in [4.78, 5) is 14.3. The van der Waals surface area contributed by atoms with E-state index >= 15 is 0 Å². The van der Waals surface area contributed by atoms with Crippen LogP contribution in [0.5, 0.6) is 0 Å². The van der Waals surface area contributed by atoms with Crippen molar-refractivity contribution in [1.82, 2.24) is 19.6 Å². The van der Waals surface area contributed by atoms with Crippen LogP contribution in [0, 0.1) is 6.92 Å². The number of thiophene rings is 1. The third-order valence-corrected chi connectivity index (χ3v) is 6.00. The van der Waals surface area contributed by atoms with Gasteiger partial charge in [-0.25, -0.2) is 4.68 Å². The molecule has 0 atom stereocenters. The van der Waals surface area contributed by atoms with Gasteiger partial charge in [0.1, 0.15) is 10.6 Å². The minimum Gasteiger partial charge on any atom is -0.306 e. The van der Waals surface area contributed by atoms with Crippen LogP contribution in [0.1, 0.15) is 20.9 Å². The van der Waals surface area contributed by atoms with Crippen molar-refractivity contribution in [2.75, 3.05) is 5.32 Å². The molecule has 0 fully saturated rings. The maximum atomic E-state index is 12.7. The van der Waals surface area contributed by atoms with Crippen LogP contribution in [-0.2, 0) is 13.6 Å². The van der Waals surface area contributed by atoms with Gasteiger partial charge in [-0.15, -0.1) is 11.3 Å². The van der Waals surface area contributed by atoms with Gasteiger partial charge in [0.15, 0.2) is 0 Å². The van der Waals surface area contributed by atoms with Crippen molar-refractivity contribution >= 4 is 56.5 Å². The van der Waals surface area contributed by atoms with Gasteiger partial charge in [0.25, 0.3) is 5.91 Å². The molecule has 6 nitrogen and oxygen atoms in total. The lowest BCUT2D eigenvalue weighted by Crippen LogP contribution is -2.15. The van der Waals surface area contributed by atoms with Crippen LogP contribution >= 0.6 is 34.5 Å². The van der Waals surface area contributed by atoms with E-state index in [0.717, 1.165) is 21.5 Å². The minimum absolute atomic E-state index is 0.181. The summed E-state index contributed by atoms with van der Waals surface area (Å²) < 4.78 is 3.48. The molecule has 1 amide bonds. The van der Waals surface area contributed by atoms with Gasteiger partial charge in [0, 0.05) is 28.5 Å². The number of carbonyl (C=O) groups excluding carboxylic acids is 1. The first kappa shape index (κ1) is 18.0. The zero-order valence-electron chi connectivity index (χ0n) is 14.5. The van der Waals surface area contributed by atoms with E-state index in [1.54, 1.807) is 33.8 Å². The number of benzene rings is 1. The number of hydrogen-bond donors (Lipinski definition) is 1. The lowest BCUT2D eigenvalue weighted by molar-refractivity contribution is 0.102. The molecule has 0 aliphatic carbocycles. The standard InChI is InChI=1S/C18H15Cl2N5OS/c1-10-13-8-15(27-18(13)24(2)23-10)17(26)22-16-5-6-21-25(16)9-11-3-4-12(19)7-14(11)20/h3-8H,9H2,1-2H3,(H,22,26). The maximum Gasteiger partial charge on any atom is 0.266 e. The Bertz CT molecular complexity index is 1130. The molecule has 3 aromatic heterocycles. The number of nitrogens with zero attached hydrogens (tertiary/aromatic N) is 4. The van der Waals surface area contributed by atoms with Gasteiger partial charge in [0.2, 0.25) is 0 Å². The van der Waals surface area contributed by atoms with Crippen molar-refractivity contribution in [3.05, 3.63) is 62.7 Å². The van der Waals surface area contributed by atoms with Crippen molar-refractivity contribution in [2.45, 2.75) is 13.5 Å². The molecule has 0 bridgehead atoms. The van der Waals surface area contributed by atoms with E-state index in [-0.39, 0.29) is 5.91 Å². The number of rotatable bonds is 4. The lowest BCUT2D eigenvalue weighted by Gasteiger charge is -2.10. The first-order chi connectivity index (χ1) is 12.9. The summed E-state index contributed by atoms with van der Waals surface area (Å²) in [6, 6.07) is 8.93. The van der Waals surface area contributed by atoms with Gasteiger partial charge < -0.3 is 5.32 Å². The zero-order valence-corrected chi connectivity index (χ0v) is 16.9. The van der Waals surface area contributed by atoms with E-state index in [1.165, 1.54) is 11.3 Å². The molecule has 4 aromatic rings. The van der Waals surface area contributed by atoms with Gasteiger partial charge >= 0.3 is 0 Å². The van der Waals surface area contributed by atoms with Crippen LogP contribution in [0.3, 0.4) is 0 Å². The Kier molecular flexibility index (Phi) is 4.67. The fourth-order valence-corrected chi connectivity index (χ4v) is 4.36. The third-order valence-electron chi connectivity index (χ3n) is 4.21. The molecule has 0 aliphatic rings. The van der Waals surface area contributed by atoms with Crippen molar-refractivity contribution < 1.29 is 4.79 Å². The summed E-state index contributed by atoms with van der Waals surface area (Å²) in [5, 5.41) is 13.7. The second-order valence-corrected chi connectivity index (χ2v) is 7.98. The van der Waals surface area contributed by atoms with Crippen LogP contribution in [0.4, 0.5) is 5.82 Å². The Balaban J connectivity index is 1.57. The number of hydrogen-bond acceptors (Lipinski definition) is 4. The molecular weight excluding hydrogens is 405 g/mol. The molecule has 0 saturated carbocycles. The van der Waals surface area contributed by atoms with E-state index in [9.17, 15) is 4.79 Å². The van der Waals surface area contributed by atoms with Crippen molar-refractivity contribution in [3.8, 4) is 0 Å². The number of carbonyl (C=O) groups is 1. The molecule has 0 unspecified atom stereocenters. The molecule has 3 heterocycles. The zero-order chi connectivity index (χ0) is 19.1. The van der Waals surface area contributed by atoms with Crippen molar-refractivity contribution in [3.63, 3.8) is 0 Å². The number of aryl methyl sites for hydroxylation is 2. The Morgan fingerprint density at radius 1 is 1.26 bits per heavy atom. The Morgan fingerprint density at radius 3 is 2.81 bits per heavy atom. The molecule has 138 valence electrons. The smallest absolute Gasteiger partial charge is 0.266 e. The summed E-state index contributed by atoms with van der Waals surface area (Å²) in [5.74, 6) is 0.415. The highest BCUT2D eigenvalue weighted by Crippen LogP contribution is 2.28. The van der Waals surface area contributed by atoms with Crippen LogP contribution in [0.15, 0.2) is 36.5 Å². The van der Waals surface area contributed by atoms with Crippen molar-refractivity contribution in [1.29, 1.82) is 0 Å². The second kappa shape index (κ2) is 6.99. The first-order valence-electron chi connectivity index (χ1n) is 8.12. The highest BCUT2D eigenvalue weighted by Gasteiger charge is 2.17. The Morgan fingerprint density at radius 2 is 2.07 bits per heavy atom. The van der Waals surface area contributed by atoms with E-state index in [0.29, 0.717) is 27.3 Å². The molecule has 0 aliphatic heterocycles. The van der Waals surface area contributed by atoms with Gasteiger partial charge in [0.05, 0.1) is 23.3 Å². The lowest BCUT2D eigenvalue weighted by atomic mass is 10.2. The average Bonchev–Trinajstić information content (AvgIpc) is 3.29. The topological polar surface area (TPSA) is 64.7 Å². The van der Waals surface area contributed by atoms with Gasteiger partial charge in [-0.3, -0.25) is 9.48 Å². The molecule has 0 spiro atoms. The Hall–Kier alpha value is -2.35. The van der Waals surface area contributed by atoms with E-state index in [2.05, 4.69) is 15.5 Å². The molecule has 4 rings (SSSR count). The molecular formula is C18H15Cl2N5OS. The van der Waals surface area contributed by atoms with Crippen molar-refractivity contribution in [2.24, 2.45) is 7.05 Å². The van der Waals surface area contributed by atoms with E-state index < -0.39 is 0 Å². The predicted octanol–water partition coefficient (Wildman–Crippen LogP) is 4.75. The summed E-state index contributed by atoms with van der Waals surface area (Å²) >= 11 is 13.6. The number of fused-ring (bicyclic) bond motifs is 1. The normalized spacial score (nSPS) is 11.3. The quantitative estimate of drug-likeness (QED) is 0.518. The van der Waals surface area contributed by atoms with E-state index in [1.807, 2.05) is 26.1 Å². The highest BCUT2D eigenvalue weighted by molar-refractivity contribution is 7.20. The molecule has 9 heteroatoms. The average molecular weight is 420 g/mol. The molecule has 0 saturated heterocycles. The predicted molar refractivity (Wildman–Crippen MR) is 109 cm³/mol. The molecule has 27 heavy (non-hydrogen) atoms. The SMILES string of the molecule is Cc1nn(C)c2sc(C(=O)Nc3ccnn3Cc3ccc(Cl)cc3Cl)cc12. The Labute approximate surface area is 169 Å². The van der Waals surface area contributed by atoms with Gasteiger partial charge in [-0.1, -0.05) is 29.3 Å². The molecule has 1 N–H and O–H groups in total. The van der Waals surface area contributed by atoms with Crippen LogP contribution in [-0.4, -0.2) is 25.5 Å². The second-order valence-electron chi connectivity index (χ2n) is 6.10. The van der Waals surface area contributed by atoms with Crippen LogP contribution < -0.4 is 5.32 Å². The van der Waals surface area contributed by atoms with E-state index in [4.69, 9.17) is 23.2 Å². The monoisotopic (exact) mass is 419 g/mol. The fourth-order valence-electron chi connectivity index (χ4n) is 2.87. The van der Waals surface area contributed by atoms with Gasteiger partial charge in [-0.05, 0) is 30.7 Å². The number of aromatic nitrogens is 4. The van der Waals surface area contributed by atoms with Gasteiger partial charge in [-0.2, -0.15) is 10.2 Å². The largest absolute Gasteiger partial charge is 0.306 e. The third kappa shape index (κ3) is 3.45. The number of nitrogens with one attached hydrogen (secondary N) is 1. The first-order valence-corrected chi connectivity index (χ1v) is 9.70. The molecule has 0 radical (unpaired) electrons. The minimum atomic E-state index is -0.181. The number of anilines is 1. The van der Waals surface area contributed by atoms with Crippen LogP contribution in [0.25, 0.3) is 10.2 Å². The van der Waals surface area contributed by atoms with Crippen LogP contribution in [0.2, 0.25) is 10.0 Å². The summed E-state index contributed by atoms with van der Waals surface area (Å²) in [5.41, 5.74) is 1.77. The highest BCUT2D eigenvalue weighted by atomic mass is 35.5. The maximum absolute atomic E-state index is 12.7. The number of amides is 1.